The van der Waals surface area contributed by atoms with Crippen molar-refractivity contribution in [1.29, 1.82) is 0 Å². The Balaban J connectivity index is 1.86. The molecular weight excluding hydrogens is 464 g/mol. The molecule has 186 valence electrons. The minimum atomic E-state index is -0.365. The van der Waals surface area contributed by atoms with E-state index in [4.69, 9.17) is 4.74 Å². The van der Waals surface area contributed by atoms with Gasteiger partial charge in [0, 0.05) is 25.2 Å². The van der Waals surface area contributed by atoms with Crippen LogP contribution in [0.3, 0.4) is 0 Å². The number of aryl methyl sites for hydroxylation is 2. The molecule has 1 aliphatic rings. The number of nitrogens with one attached hydrogen (secondary N) is 1. The van der Waals surface area contributed by atoms with Crippen molar-refractivity contribution in [2.45, 2.75) is 19.9 Å². The molecule has 7 heteroatoms. The second-order valence-electron chi connectivity index (χ2n) is 9.38. The Morgan fingerprint density at radius 1 is 0.892 bits per heavy atom. The molecule has 0 amide bonds. The first-order valence-corrected chi connectivity index (χ1v) is 12.4. The number of benzene rings is 3. The zero-order chi connectivity index (χ0) is 25.8. The lowest BCUT2D eigenvalue weighted by molar-refractivity contribution is 0.335. The lowest BCUT2D eigenvalue weighted by atomic mass is 9.98. The molecule has 5 aromatic rings. The van der Waals surface area contributed by atoms with E-state index in [0.29, 0.717) is 17.5 Å². The second kappa shape index (κ2) is 8.55. The van der Waals surface area contributed by atoms with E-state index in [1.54, 1.807) is 11.6 Å². The Morgan fingerprint density at radius 3 is 2.38 bits per heavy atom. The van der Waals surface area contributed by atoms with Crippen LogP contribution in [0.2, 0.25) is 0 Å². The van der Waals surface area contributed by atoms with Crippen molar-refractivity contribution >= 4 is 16.6 Å². The average Bonchev–Trinajstić information content (AvgIpc) is 3.27. The van der Waals surface area contributed by atoms with Crippen LogP contribution in [0.4, 0.5) is 5.69 Å². The molecule has 0 spiro atoms. The van der Waals surface area contributed by atoms with Crippen LogP contribution in [0.15, 0.2) is 82.4 Å². The van der Waals surface area contributed by atoms with Gasteiger partial charge in [0.25, 0.3) is 5.56 Å². The number of para-hydroxylation sites is 3. The number of aromatic nitrogens is 3. The zero-order valence-corrected chi connectivity index (χ0v) is 21.3. The summed E-state index contributed by atoms with van der Waals surface area (Å²) in [5.41, 5.74) is 6.34. The van der Waals surface area contributed by atoms with Crippen LogP contribution >= 0.6 is 0 Å². The Bertz CT molecular complexity index is 1810. The minimum Gasteiger partial charge on any atom is -0.494 e. The molecule has 2 aromatic heterocycles. The third kappa shape index (κ3) is 3.27. The molecule has 3 aromatic carbocycles. The molecular formula is C30H28N4O3. The van der Waals surface area contributed by atoms with E-state index >= 15 is 0 Å². The maximum atomic E-state index is 13.8. The summed E-state index contributed by atoms with van der Waals surface area (Å²) in [6, 6.07) is 23.7. The zero-order valence-electron chi connectivity index (χ0n) is 21.3. The van der Waals surface area contributed by atoms with Gasteiger partial charge >= 0.3 is 5.69 Å². The first-order chi connectivity index (χ1) is 17.9. The van der Waals surface area contributed by atoms with Crippen molar-refractivity contribution in [3.63, 3.8) is 0 Å². The van der Waals surface area contributed by atoms with Gasteiger partial charge in [-0.15, -0.1) is 0 Å². The third-order valence-electron chi connectivity index (χ3n) is 7.26. The summed E-state index contributed by atoms with van der Waals surface area (Å²) < 4.78 is 11.0. The predicted octanol–water partition coefficient (Wildman–Crippen LogP) is 4.92. The lowest BCUT2D eigenvalue weighted by Crippen LogP contribution is -2.37. The molecule has 0 fully saturated rings. The van der Waals surface area contributed by atoms with Crippen LogP contribution < -0.4 is 21.3 Å². The maximum Gasteiger partial charge on any atom is 0.331 e. The fourth-order valence-electron chi connectivity index (χ4n) is 5.55. The number of nitrogens with zero attached hydrogens (tertiary/aromatic N) is 3. The van der Waals surface area contributed by atoms with E-state index in [-0.39, 0.29) is 17.3 Å². The van der Waals surface area contributed by atoms with Crippen LogP contribution in [0.25, 0.3) is 27.8 Å². The van der Waals surface area contributed by atoms with Gasteiger partial charge in [-0.05, 0) is 37.6 Å². The van der Waals surface area contributed by atoms with Crippen LogP contribution in [0.1, 0.15) is 29.8 Å². The summed E-state index contributed by atoms with van der Waals surface area (Å²) in [5, 5.41) is 4.22. The van der Waals surface area contributed by atoms with Gasteiger partial charge in [-0.1, -0.05) is 54.6 Å². The summed E-state index contributed by atoms with van der Waals surface area (Å²) in [6.45, 7) is 4.53. The van der Waals surface area contributed by atoms with Crippen molar-refractivity contribution in [2.24, 2.45) is 14.1 Å². The molecule has 0 bridgehead atoms. The van der Waals surface area contributed by atoms with Crippen molar-refractivity contribution < 1.29 is 4.74 Å². The van der Waals surface area contributed by atoms with Gasteiger partial charge in [-0.3, -0.25) is 13.9 Å². The predicted molar refractivity (Wildman–Crippen MR) is 147 cm³/mol. The summed E-state index contributed by atoms with van der Waals surface area (Å²) >= 11 is 0. The van der Waals surface area contributed by atoms with Crippen molar-refractivity contribution in [2.75, 3.05) is 11.9 Å². The van der Waals surface area contributed by atoms with Gasteiger partial charge < -0.3 is 14.6 Å². The van der Waals surface area contributed by atoms with Crippen LogP contribution in [0.5, 0.6) is 5.75 Å². The Labute approximate surface area is 214 Å². The Morgan fingerprint density at radius 2 is 1.59 bits per heavy atom. The summed E-state index contributed by atoms with van der Waals surface area (Å²) in [4.78, 5) is 27.1. The number of anilines is 1. The number of hydrogen-bond donors (Lipinski definition) is 1. The number of rotatable bonds is 4. The number of fused-ring (bicyclic) bond motifs is 5. The molecule has 0 radical (unpaired) electrons. The Kier molecular flexibility index (Phi) is 5.30. The second-order valence-corrected chi connectivity index (χ2v) is 9.38. The summed E-state index contributed by atoms with van der Waals surface area (Å²) in [7, 11) is 3.27. The molecule has 1 aliphatic heterocycles. The quantitative estimate of drug-likeness (QED) is 0.387. The molecule has 0 saturated heterocycles. The van der Waals surface area contributed by atoms with E-state index in [2.05, 4.69) is 9.88 Å². The highest BCUT2D eigenvalue weighted by Crippen LogP contribution is 2.47. The van der Waals surface area contributed by atoms with Crippen molar-refractivity contribution in [3.05, 3.63) is 110 Å². The van der Waals surface area contributed by atoms with Crippen LogP contribution in [0, 0.1) is 6.92 Å². The minimum absolute atomic E-state index is 0.312. The SMILES string of the molecule is CCOc1ccccc1[C@@H]1Nc2ccccc2-n2c(-c3ccccc3C)c3c(=O)n(C)c(=O)n(C)c3c21. The van der Waals surface area contributed by atoms with Crippen LogP contribution in [-0.4, -0.2) is 20.3 Å². The molecule has 3 heterocycles. The van der Waals surface area contributed by atoms with Gasteiger partial charge in [-0.25, -0.2) is 4.79 Å². The van der Waals surface area contributed by atoms with E-state index in [9.17, 15) is 9.59 Å². The maximum absolute atomic E-state index is 13.8. The Hall–Kier alpha value is -4.52. The monoisotopic (exact) mass is 492 g/mol. The molecule has 1 atom stereocenters. The fourth-order valence-corrected chi connectivity index (χ4v) is 5.55. The van der Waals surface area contributed by atoms with E-state index in [1.807, 2.05) is 86.6 Å². The van der Waals surface area contributed by atoms with Gasteiger partial charge in [0.15, 0.2) is 0 Å². The first kappa shape index (κ1) is 22.9. The third-order valence-corrected chi connectivity index (χ3v) is 7.26. The van der Waals surface area contributed by atoms with E-state index in [1.165, 1.54) is 11.6 Å². The van der Waals surface area contributed by atoms with Gasteiger partial charge in [0.05, 0.1) is 46.3 Å². The highest BCUT2D eigenvalue weighted by Gasteiger charge is 2.36. The number of hydrogen-bond acceptors (Lipinski definition) is 4. The molecule has 6 rings (SSSR count). The van der Waals surface area contributed by atoms with E-state index < -0.39 is 0 Å². The van der Waals surface area contributed by atoms with Gasteiger partial charge in [0.2, 0.25) is 0 Å². The smallest absolute Gasteiger partial charge is 0.331 e. The van der Waals surface area contributed by atoms with E-state index in [0.717, 1.165) is 45.2 Å². The average molecular weight is 493 g/mol. The van der Waals surface area contributed by atoms with Gasteiger partial charge in [-0.2, -0.15) is 0 Å². The van der Waals surface area contributed by atoms with Crippen LogP contribution in [-0.2, 0) is 14.1 Å². The lowest BCUT2D eigenvalue weighted by Gasteiger charge is -2.32. The molecule has 0 aliphatic carbocycles. The molecule has 37 heavy (non-hydrogen) atoms. The highest BCUT2D eigenvalue weighted by molar-refractivity contribution is 6.00. The first-order valence-electron chi connectivity index (χ1n) is 12.4. The summed E-state index contributed by atoms with van der Waals surface area (Å²) in [6.07, 6.45) is 0. The fraction of sp³-hybridized carbons (Fsp3) is 0.200. The standard InChI is InChI=1S/C30H28N4O3/c1-5-37-23-17-11-8-14-20(23)25-28-27-24(29(35)33(4)30(36)32(27)3)26(19-13-7-6-12-18(19)2)34(28)22-16-10-9-15-21(22)31-25/h6-17,25,31H,5H2,1-4H3/t25-/m0/s1. The van der Waals surface area contributed by atoms with Crippen molar-refractivity contribution in [1.82, 2.24) is 13.7 Å². The van der Waals surface area contributed by atoms with Crippen molar-refractivity contribution in [3.8, 4) is 22.7 Å². The summed E-state index contributed by atoms with van der Waals surface area (Å²) in [5.74, 6) is 0.758. The highest BCUT2D eigenvalue weighted by atomic mass is 16.5. The normalized spacial score (nSPS) is 14.2. The molecule has 0 saturated carbocycles. The number of ether oxygens (including phenoxy) is 1. The largest absolute Gasteiger partial charge is 0.494 e. The molecule has 7 nitrogen and oxygen atoms in total. The molecule has 0 unspecified atom stereocenters. The topological polar surface area (TPSA) is 70.2 Å². The van der Waals surface area contributed by atoms with Gasteiger partial charge in [0.1, 0.15) is 5.75 Å². The molecule has 1 N–H and O–H groups in total.